The van der Waals surface area contributed by atoms with Crippen LogP contribution in [-0.4, -0.2) is 28.3 Å². The van der Waals surface area contributed by atoms with Gasteiger partial charge in [0.1, 0.15) is 0 Å². The summed E-state index contributed by atoms with van der Waals surface area (Å²) in [6.07, 6.45) is 1.74. The molecule has 5 heteroatoms. The molecular weight excluding hydrogens is 146 g/mol. The van der Waals surface area contributed by atoms with Crippen molar-refractivity contribution in [2.45, 2.75) is 26.7 Å². The van der Waals surface area contributed by atoms with E-state index in [0.717, 1.165) is 12.8 Å². The molecule has 0 unspecified atom stereocenters. The number of nitrogens with zero attached hydrogens (tertiary/aromatic N) is 3. The third-order valence-corrected chi connectivity index (χ3v) is 1.28. The molecule has 0 rings (SSSR count). The quantitative estimate of drug-likeness (QED) is 0.376. The average molecular weight is 161 g/mol. The summed E-state index contributed by atoms with van der Waals surface area (Å²) in [4.78, 5) is 0.229. The molecule has 0 aliphatic rings. The molecule has 0 spiro atoms. The number of hydrazine groups is 1. The molecule has 0 aromatic rings. The fourth-order valence-corrected chi connectivity index (χ4v) is 0.856. The van der Waals surface area contributed by atoms with E-state index in [1.165, 1.54) is 5.01 Å². The second-order valence-electron chi connectivity index (χ2n) is 2.30. The summed E-state index contributed by atoms with van der Waals surface area (Å²) in [5.74, 6) is 0. The molecule has 66 valence electrons. The Hall–Kier alpha value is -1.00. The molecule has 11 heavy (non-hydrogen) atoms. The highest BCUT2D eigenvalue weighted by Crippen LogP contribution is 1.94. The van der Waals surface area contributed by atoms with E-state index in [4.69, 9.17) is 5.21 Å². The summed E-state index contributed by atoms with van der Waals surface area (Å²) in [6.45, 7) is 5.19. The predicted octanol–water partition coefficient (Wildman–Crippen LogP) is 1.38. The van der Waals surface area contributed by atoms with Crippen molar-refractivity contribution in [2.24, 2.45) is 5.28 Å². The van der Waals surface area contributed by atoms with Crippen LogP contribution in [0.3, 0.4) is 0 Å². The van der Waals surface area contributed by atoms with E-state index in [9.17, 15) is 5.21 Å². The van der Waals surface area contributed by atoms with Crippen LogP contribution in [0.1, 0.15) is 26.7 Å². The fraction of sp³-hybridized carbons (Fsp3) is 1.00. The summed E-state index contributed by atoms with van der Waals surface area (Å²) in [6, 6.07) is 0. The van der Waals surface area contributed by atoms with E-state index < -0.39 is 0 Å². The van der Waals surface area contributed by atoms with E-state index in [0.29, 0.717) is 13.1 Å². The van der Waals surface area contributed by atoms with Crippen molar-refractivity contribution in [2.75, 3.05) is 13.1 Å². The highest BCUT2D eigenvalue weighted by atomic mass is 16.6. The van der Waals surface area contributed by atoms with Crippen LogP contribution in [0.25, 0.3) is 0 Å². The van der Waals surface area contributed by atoms with Gasteiger partial charge in [-0.1, -0.05) is 13.8 Å². The van der Waals surface area contributed by atoms with Crippen LogP contribution in [0.5, 0.6) is 0 Å². The second kappa shape index (κ2) is 5.76. The molecule has 0 fully saturated rings. The highest BCUT2D eigenvalue weighted by molar-refractivity contribution is 4.40. The molecule has 0 saturated heterocycles. The van der Waals surface area contributed by atoms with E-state index in [1.807, 2.05) is 13.8 Å². The van der Waals surface area contributed by atoms with Gasteiger partial charge < -0.3 is 10.4 Å². The molecular formula is C6H15N3O2. The van der Waals surface area contributed by atoms with Gasteiger partial charge in [-0.15, -0.1) is 5.01 Å². The maximum absolute atomic E-state index is 10.7. The Morgan fingerprint density at radius 1 is 1.36 bits per heavy atom. The fourth-order valence-electron chi connectivity index (χ4n) is 0.856. The number of hydrogen-bond acceptors (Lipinski definition) is 2. The van der Waals surface area contributed by atoms with Gasteiger partial charge in [-0.25, -0.2) is 0 Å². The number of rotatable bonds is 5. The van der Waals surface area contributed by atoms with Gasteiger partial charge in [0.25, 0.3) is 0 Å². The minimum atomic E-state index is 0.229. The lowest BCUT2D eigenvalue weighted by atomic mass is 10.4. The van der Waals surface area contributed by atoms with Crippen molar-refractivity contribution < 1.29 is 10.2 Å². The molecule has 0 radical (unpaired) electrons. The Morgan fingerprint density at radius 3 is 2.09 bits per heavy atom. The molecule has 0 atom stereocenters. The third-order valence-electron chi connectivity index (χ3n) is 1.28. The third kappa shape index (κ3) is 3.64. The SMILES string of the molecule is CCCN(CCC)[N+]([O-])=NO. The zero-order valence-electron chi connectivity index (χ0n) is 7.03. The smallest absolute Gasteiger partial charge is 0.230 e. The zero-order valence-corrected chi connectivity index (χ0v) is 7.03. The van der Waals surface area contributed by atoms with Crippen molar-refractivity contribution in [1.29, 1.82) is 0 Å². The van der Waals surface area contributed by atoms with Gasteiger partial charge in [-0.05, 0) is 12.8 Å². The van der Waals surface area contributed by atoms with Gasteiger partial charge in [0.15, 0.2) is 0 Å². The zero-order chi connectivity index (χ0) is 8.69. The average Bonchev–Trinajstić information content (AvgIpc) is 2.03. The lowest BCUT2D eigenvalue weighted by Crippen LogP contribution is -2.32. The highest BCUT2D eigenvalue weighted by Gasteiger charge is 2.08. The maximum Gasteiger partial charge on any atom is 0.230 e. The largest absolute Gasteiger partial charge is 0.569 e. The lowest BCUT2D eigenvalue weighted by Gasteiger charge is -2.15. The molecule has 0 aliphatic heterocycles. The van der Waals surface area contributed by atoms with Crippen LogP contribution in [0, 0.1) is 5.21 Å². The van der Waals surface area contributed by atoms with Gasteiger partial charge in [0, 0.05) is 0 Å². The van der Waals surface area contributed by atoms with Crippen molar-refractivity contribution >= 4 is 0 Å². The Balaban J connectivity index is 3.87. The molecule has 0 bridgehead atoms. The first kappa shape index (κ1) is 10.0. The molecule has 0 saturated carbocycles. The Bertz CT molecular complexity index is 121. The number of hydrogen-bond donors (Lipinski definition) is 1. The monoisotopic (exact) mass is 161 g/mol. The summed E-state index contributed by atoms with van der Waals surface area (Å²) in [5, 5.41) is 22.8. The van der Waals surface area contributed by atoms with E-state index in [1.54, 1.807) is 0 Å². The first-order chi connectivity index (χ1) is 5.26. The maximum atomic E-state index is 10.7. The van der Waals surface area contributed by atoms with Crippen LogP contribution in [0.4, 0.5) is 0 Å². The Labute approximate surface area is 66.4 Å². The predicted molar refractivity (Wildman–Crippen MR) is 40.0 cm³/mol. The molecule has 5 nitrogen and oxygen atoms in total. The minimum Gasteiger partial charge on any atom is -0.569 e. The van der Waals surface area contributed by atoms with Crippen LogP contribution in [0.15, 0.2) is 5.28 Å². The van der Waals surface area contributed by atoms with Gasteiger partial charge >= 0.3 is 0 Å². The summed E-state index contributed by atoms with van der Waals surface area (Å²) in [7, 11) is 0. The van der Waals surface area contributed by atoms with Crippen molar-refractivity contribution in [3.8, 4) is 0 Å². The second-order valence-corrected chi connectivity index (χ2v) is 2.30. The molecule has 1 N–H and O–H groups in total. The van der Waals surface area contributed by atoms with Crippen LogP contribution >= 0.6 is 0 Å². The van der Waals surface area contributed by atoms with Gasteiger partial charge in [0.2, 0.25) is 5.28 Å². The van der Waals surface area contributed by atoms with E-state index >= 15 is 0 Å². The van der Waals surface area contributed by atoms with Crippen LogP contribution < -0.4 is 0 Å². The lowest BCUT2D eigenvalue weighted by molar-refractivity contribution is -0.709. The van der Waals surface area contributed by atoms with E-state index in [2.05, 4.69) is 5.28 Å². The van der Waals surface area contributed by atoms with Crippen molar-refractivity contribution in [1.82, 2.24) is 5.01 Å². The molecule has 0 aromatic heterocycles. The molecule has 0 aromatic carbocycles. The standard InChI is InChI=1S/C6H15N3O2/c1-3-5-8(6-4-2)9(11)7-10/h10H,3-6H2,1-2H3. The van der Waals surface area contributed by atoms with Gasteiger partial charge in [-0.2, -0.15) is 0 Å². The summed E-state index contributed by atoms with van der Waals surface area (Å²) < 4.78 is 0. The van der Waals surface area contributed by atoms with Crippen molar-refractivity contribution in [3.63, 3.8) is 0 Å². The topological polar surface area (TPSA) is 61.9 Å². The first-order valence-corrected chi connectivity index (χ1v) is 3.83. The Morgan fingerprint density at radius 2 is 1.82 bits per heavy atom. The summed E-state index contributed by atoms with van der Waals surface area (Å²) in [5.41, 5.74) is 0. The first-order valence-electron chi connectivity index (χ1n) is 3.83. The summed E-state index contributed by atoms with van der Waals surface area (Å²) >= 11 is 0. The van der Waals surface area contributed by atoms with Crippen LogP contribution in [-0.2, 0) is 0 Å². The van der Waals surface area contributed by atoms with Crippen molar-refractivity contribution in [3.05, 3.63) is 5.21 Å². The molecule has 0 amide bonds. The van der Waals surface area contributed by atoms with Gasteiger partial charge in [0.05, 0.1) is 18.1 Å². The van der Waals surface area contributed by atoms with Crippen LogP contribution in [0.2, 0.25) is 0 Å². The van der Waals surface area contributed by atoms with Gasteiger partial charge in [-0.3, -0.25) is 0 Å². The molecule has 0 aliphatic carbocycles. The van der Waals surface area contributed by atoms with E-state index in [-0.39, 0.29) is 4.97 Å². The molecule has 0 heterocycles. The minimum absolute atomic E-state index is 0.229. The Kier molecular flexibility index (Phi) is 5.24. The normalized spacial score (nSPS) is 11.6.